The smallest absolute Gasteiger partial charge is 0.167 e. The zero-order valence-electron chi connectivity index (χ0n) is 12.7. The van der Waals surface area contributed by atoms with Gasteiger partial charge in [-0.15, -0.1) is 0 Å². The molecule has 3 nitrogen and oxygen atoms in total. The molecule has 5 heteroatoms. The monoisotopic (exact) mass is 299 g/mol. The lowest BCUT2D eigenvalue weighted by Gasteiger charge is -2.26. The predicted octanol–water partition coefficient (Wildman–Crippen LogP) is 3.10. The second-order valence-corrected chi connectivity index (χ2v) is 5.96. The minimum absolute atomic E-state index is 0.221. The summed E-state index contributed by atoms with van der Waals surface area (Å²) in [6, 6.07) is 2.50. The molecule has 1 saturated carbocycles. The molecule has 1 fully saturated rings. The SMILES string of the molecule is COc1ccc(F)c(F)c1CN(C)CCC1(O)CCCC1. The van der Waals surface area contributed by atoms with E-state index in [2.05, 4.69) is 0 Å². The van der Waals surface area contributed by atoms with E-state index in [1.54, 1.807) is 0 Å². The fraction of sp³-hybridized carbons (Fsp3) is 0.625. The summed E-state index contributed by atoms with van der Waals surface area (Å²) in [5.41, 5.74) is -0.364. The number of benzene rings is 1. The molecule has 1 aliphatic rings. The Morgan fingerprint density at radius 1 is 1.29 bits per heavy atom. The van der Waals surface area contributed by atoms with Crippen LogP contribution < -0.4 is 4.74 Å². The van der Waals surface area contributed by atoms with Crippen molar-refractivity contribution in [1.29, 1.82) is 0 Å². The van der Waals surface area contributed by atoms with Gasteiger partial charge in [0.2, 0.25) is 0 Å². The van der Waals surface area contributed by atoms with Crippen LogP contribution in [0.2, 0.25) is 0 Å². The highest BCUT2D eigenvalue weighted by molar-refractivity contribution is 5.35. The Morgan fingerprint density at radius 3 is 2.57 bits per heavy atom. The normalized spacial score (nSPS) is 17.4. The van der Waals surface area contributed by atoms with Gasteiger partial charge in [-0.1, -0.05) is 12.8 Å². The Hall–Kier alpha value is -1.20. The van der Waals surface area contributed by atoms with Gasteiger partial charge in [0.15, 0.2) is 11.6 Å². The molecule has 1 aromatic rings. The van der Waals surface area contributed by atoms with Crippen LogP contribution in [0.3, 0.4) is 0 Å². The van der Waals surface area contributed by atoms with Crippen molar-refractivity contribution >= 4 is 0 Å². The van der Waals surface area contributed by atoms with Gasteiger partial charge < -0.3 is 14.7 Å². The maximum atomic E-state index is 13.9. The van der Waals surface area contributed by atoms with Gasteiger partial charge in [-0.05, 0) is 38.4 Å². The molecule has 0 atom stereocenters. The van der Waals surface area contributed by atoms with Crippen LogP contribution >= 0.6 is 0 Å². The summed E-state index contributed by atoms with van der Waals surface area (Å²) < 4.78 is 32.3. The van der Waals surface area contributed by atoms with E-state index in [9.17, 15) is 13.9 Å². The standard InChI is InChI=1S/C16H23F2NO2/c1-19(10-9-16(20)7-3-4-8-16)11-12-14(21-2)6-5-13(17)15(12)18/h5-6,20H,3-4,7-11H2,1-2H3. The minimum atomic E-state index is -0.867. The van der Waals surface area contributed by atoms with Gasteiger partial charge in [0.1, 0.15) is 5.75 Å². The summed E-state index contributed by atoms with van der Waals surface area (Å²) in [7, 11) is 3.28. The fourth-order valence-electron chi connectivity index (χ4n) is 2.94. The van der Waals surface area contributed by atoms with Crippen molar-refractivity contribution in [2.75, 3.05) is 20.7 Å². The third-order valence-electron chi connectivity index (χ3n) is 4.29. The van der Waals surface area contributed by atoms with Crippen molar-refractivity contribution in [1.82, 2.24) is 4.90 Å². The number of rotatable bonds is 6. The fourth-order valence-corrected chi connectivity index (χ4v) is 2.94. The molecule has 0 saturated heterocycles. The number of nitrogens with zero attached hydrogens (tertiary/aromatic N) is 1. The molecule has 0 amide bonds. The second-order valence-electron chi connectivity index (χ2n) is 5.96. The molecule has 0 heterocycles. The van der Waals surface area contributed by atoms with Crippen molar-refractivity contribution in [3.8, 4) is 5.75 Å². The highest BCUT2D eigenvalue weighted by atomic mass is 19.2. The van der Waals surface area contributed by atoms with E-state index in [0.29, 0.717) is 18.7 Å². The first-order chi connectivity index (χ1) is 9.95. The van der Waals surface area contributed by atoms with Gasteiger partial charge in [-0.2, -0.15) is 0 Å². The molecule has 0 spiro atoms. The summed E-state index contributed by atoms with van der Waals surface area (Å²) in [6.07, 6.45) is 4.44. The Morgan fingerprint density at radius 2 is 1.95 bits per heavy atom. The van der Waals surface area contributed by atoms with E-state index in [-0.39, 0.29) is 12.1 Å². The molecule has 0 radical (unpaired) electrons. The lowest BCUT2D eigenvalue weighted by Crippen LogP contribution is -2.31. The zero-order valence-corrected chi connectivity index (χ0v) is 12.7. The molecule has 0 aliphatic heterocycles. The minimum Gasteiger partial charge on any atom is -0.496 e. The van der Waals surface area contributed by atoms with Crippen LogP contribution in [-0.2, 0) is 6.54 Å². The van der Waals surface area contributed by atoms with Crippen molar-refractivity contribution in [2.45, 2.75) is 44.2 Å². The van der Waals surface area contributed by atoms with E-state index in [1.807, 2.05) is 11.9 Å². The number of hydrogen-bond acceptors (Lipinski definition) is 3. The molecule has 0 bridgehead atoms. The molecule has 1 aromatic carbocycles. The topological polar surface area (TPSA) is 32.7 Å². The van der Waals surface area contributed by atoms with Gasteiger partial charge in [-0.3, -0.25) is 0 Å². The number of halogens is 2. The molecule has 1 aliphatic carbocycles. The average molecular weight is 299 g/mol. The second kappa shape index (κ2) is 6.71. The first kappa shape index (κ1) is 16.2. The Labute approximate surface area is 124 Å². The van der Waals surface area contributed by atoms with Gasteiger partial charge >= 0.3 is 0 Å². The number of hydrogen-bond donors (Lipinski definition) is 1. The van der Waals surface area contributed by atoms with E-state index in [1.165, 1.54) is 13.2 Å². The van der Waals surface area contributed by atoms with Gasteiger partial charge in [0.25, 0.3) is 0 Å². The van der Waals surface area contributed by atoms with E-state index >= 15 is 0 Å². The molecule has 1 N–H and O–H groups in total. The number of methoxy groups -OCH3 is 1. The van der Waals surface area contributed by atoms with E-state index in [0.717, 1.165) is 31.7 Å². The highest BCUT2D eigenvalue weighted by Crippen LogP contribution is 2.32. The quantitative estimate of drug-likeness (QED) is 0.876. The van der Waals surface area contributed by atoms with Crippen LogP contribution in [-0.4, -0.2) is 36.3 Å². The van der Waals surface area contributed by atoms with E-state index in [4.69, 9.17) is 4.74 Å². The van der Waals surface area contributed by atoms with Crippen LogP contribution in [0.15, 0.2) is 12.1 Å². The molecular weight excluding hydrogens is 276 g/mol. The van der Waals surface area contributed by atoms with Gasteiger partial charge in [0.05, 0.1) is 12.7 Å². The van der Waals surface area contributed by atoms with Crippen LogP contribution in [0, 0.1) is 11.6 Å². The van der Waals surface area contributed by atoms with Crippen molar-refractivity contribution in [3.63, 3.8) is 0 Å². The molecule has 0 aromatic heterocycles. The van der Waals surface area contributed by atoms with Crippen molar-refractivity contribution in [3.05, 3.63) is 29.3 Å². The maximum Gasteiger partial charge on any atom is 0.167 e. The maximum absolute atomic E-state index is 13.9. The Balaban J connectivity index is 1.99. The third-order valence-corrected chi connectivity index (χ3v) is 4.29. The lowest BCUT2D eigenvalue weighted by atomic mass is 9.98. The van der Waals surface area contributed by atoms with Gasteiger partial charge in [0, 0.05) is 18.7 Å². The average Bonchev–Trinajstić information content (AvgIpc) is 2.89. The van der Waals surface area contributed by atoms with Gasteiger partial charge in [-0.25, -0.2) is 8.78 Å². The molecule has 118 valence electrons. The van der Waals surface area contributed by atoms with Crippen LogP contribution in [0.25, 0.3) is 0 Å². The summed E-state index contributed by atoms with van der Waals surface area (Å²) in [5, 5.41) is 10.3. The first-order valence-corrected chi connectivity index (χ1v) is 7.37. The lowest BCUT2D eigenvalue weighted by molar-refractivity contribution is 0.0296. The van der Waals surface area contributed by atoms with Crippen molar-refractivity contribution < 1.29 is 18.6 Å². The predicted molar refractivity (Wildman–Crippen MR) is 77.3 cm³/mol. The summed E-state index contributed by atoms with van der Waals surface area (Å²) >= 11 is 0. The summed E-state index contributed by atoms with van der Waals surface area (Å²) in [4.78, 5) is 1.89. The molecule has 0 unspecified atom stereocenters. The Bertz CT molecular complexity index is 487. The molecule has 21 heavy (non-hydrogen) atoms. The van der Waals surface area contributed by atoms with Crippen molar-refractivity contribution in [2.24, 2.45) is 0 Å². The molecule has 2 rings (SSSR count). The zero-order chi connectivity index (χ0) is 15.5. The third kappa shape index (κ3) is 3.92. The van der Waals surface area contributed by atoms with E-state index < -0.39 is 17.2 Å². The first-order valence-electron chi connectivity index (χ1n) is 7.37. The van der Waals surface area contributed by atoms with Crippen LogP contribution in [0.1, 0.15) is 37.7 Å². The number of aliphatic hydroxyl groups is 1. The molecular formula is C16H23F2NO2. The van der Waals surface area contributed by atoms with Crippen LogP contribution in [0.4, 0.5) is 8.78 Å². The number of ether oxygens (including phenoxy) is 1. The summed E-state index contributed by atoms with van der Waals surface area (Å²) in [6.45, 7) is 0.887. The summed E-state index contributed by atoms with van der Waals surface area (Å²) in [5.74, 6) is -1.38. The highest BCUT2D eigenvalue weighted by Gasteiger charge is 2.30. The largest absolute Gasteiger partial charge is 0.496 e. The Kier molecular flexibility index (Phi) is 5.17. The van der Waals surface area contributed by atoms with Crippen LogP contribution in [0.5, 0.6) is 5.75 Å².